The molecule has 5 N–H and O–H groups in total. The molecule has 0 bridgehead atoms. The zero-order chi connectivity index (χ0) is 30.4. The van der Waals surface area contributed by atoms with Gasteiger partial charge in [-0.25, -0.2) is 17.9 Å². The summed E-state index contributed by atoms with van der Waals surface area (Å²) in [4.78, 5) is 32.1. The van der Waals surface area contributed by atoms with Crippen LogP contribution in [0.4, 0.5) is 5.69 Å². The van der Waals surface area contributed by atoms with Crippen LogP contribution in [0.1, 0.15) is 58.5 Å². The lowest BCUT2D eigenvalue weighted by molar-refractivity contribution is -0.139. The largest absolute Gasteiger partial charge is 0.480 e. The summed E-state index contributed by atoms with van der Waals surface area (Å²) >= 11 is 0. The fourth-order valence-electron chi connectivity index (χ4n) is 5.54. The van der Waals surface area contributed by atoms with Gasteiger partial charge in [0.15, 0.2) is 0 Å². The van der Waals surface area contributed by atoms with Gasteiger partial charge in [0.05, 0.1) is 10.6 Å². The van der Waals surface area contributed by atoms with Crippen LogP contribution >= 0.6 is 0 Å². The van der Waals surface area contributed by atoms with Crippen LogP contribution in [0.3, 0.4) is 0 Å². The van der Waals surface area contributed by atoms with Crippen molar-refractivity contribution in [2.45, 2.75) is 56.5 Å². The highest BCUT2D eigenvalue weighted by molar-refractivity contribution is 7.89. The van der Waals surface area contributed by atoms with Crippen LogP contribution in [0, 0.1) is 12.8 Å². The summed E-state index contributed by atoms with van der Waals surface area (Å²) in [7, 11) is -2.37. The third kappa shape index (κ3) is 7.15. The molecule has 1 saturated heterocycles. The maximum atomic E-state index is 13.2. The summed E-state index contributed by atoms with van der Waals surface area (Å²) in [6, 6.07) is 15.2. The lowest BCUT2D eigenvalue weighted by atomic mass is 9.87. The molecule has 2 atom stereocenters. The first-order valence-electron chi connectivity index (χ1n) is 14.1. The average molecular weight is 594 g/mol. The molecule has 11 heteroatoms. The molecule has 0 aliphatic carbocycles. The van der Waals surface area contributed by atoms with Crippen molar-refractivity contribution < 1.29 is 23.1 Å². The van der Waals surface area contributed by atoms with Gasteiger partial charge in [-0.3, -0.25) is 9.78 Å². The summed E-state index contributed by atoms with van der Waals surface area (Å²) in [6.45, 7) is 5.19. The molecule has 2 unspecified atom stereocenters. The number of carbonyl (C=O) groups is 2. The van der Waals surface area contributed by atoms with E-state index in [9.17, 15) is 23.1 Å². The first-order valence-corrected chi connectivity index (χ1v) is 15.6. The normalized spacial score (nSPS) is 15.7. The number of carboxylic acids is 1. The van der Waals surface area contributed by atoms with Gasteiger partial charge in [0.1, 0.15) is 6.04 Å². The fraction of sp³-hybridized carbons (Fsp3) is 0.387. The minimum Gasteiger partial charge on any atom is -0.480 e. The van der Waals surface area contributed by atoms with E-state index in [1.54, 1.807) is 13.1 Å². The van der Waals surface area contributed by atoms with E-state index in [0.29, 0.717) is 29.0 Å². The molecule has 4 rings (SSSR count). The number of nitrogens with one attached hydrogen (secondary N) is 2. The number of hydrogen-bond donors (Lipinski definition) is 4. The number of amides is 1. The highest BCUT2D eigenvalue weighted by atomic mass is 32.2. The Balaban J connectivity index is 1.40. The van der Waals surface area contributed by atoms with Crippen molar-refractivity contribution in [2.24, 2.45) is 11.7 Å². The number of sulfonamides is 1. The molecule has 0 spiro atoms. The van der Waals surface area contributed by atoms with E-state index in [1.807, 2.05) is 49.4 Å². The second-order valence-electron chi connectivity index (χ2n) is 10.7. The number of nitrogens with zero attached hydrogens (tertiary/aromatic N) is 2. The number of nitrogens with two attached hydrogens (primary N) is 1. The summed E-state index contributed by atoms with van der Waals surface area (Å²) in [5.41, 5.74) is 10.5. The highest BCUT2D eigenvalue weighted by Crippen LogP contribution is 2.30. The molecule has 1 aliphatic heterocycles. The molecule has 1 aliphatic rings. The van der Waals surface area contributed by atoms with Crippen molar-refractivity contribution >= 4 is 27.6 Å². The zero-order valence-corrected chi connectivity index (χ0v) is 25.0. The van der Waals surface area contributed by atoms with E-state index in [1.165, 1.54) is 19.2 Å². The molecule has 1 fully saturated rings. The number of aliphatic carboxylic acids is 1. The molecule has 0 saturated carbocycles. The third-order valence-corrected chi connectivity index (χ3v) is 9.39. The first-order chi connectivity index (χ1) is 20.0. The number of anilines is 1. The SMILES string of the molecule is CCc1cc(S(=O)(=O)NC)cc(C)c1C(=O)NC(Cc1ccc(N2CCC(C(N)c3ccccn3)CC2)cc1)C(=O)O. The second-order valence-corrected chi connectivity index (χ2v) is 12.6. The molecular formula is C31H39N5O5S. The summed E-state index contributed by atoms with van der Waals surface area (Å²) < 4.78 is 26.9. The van der Waals surface area contributed by atoms with E-state index in [0.717, 1.165) is 42.9 Å². The maximum Gasteiger partial charge on any atom is 0.326 e. The molecule has 2 aromatic carbocycles. The Morgan fingerprint density at radius 2 is 1.81 bits per heavy atom. The van der Waals surface area contributed by atoms with Gasteiger partial charge in [-0.05, 0) is 92.2 Å². The Bertz CT molecular complexity index is 1500. The van der Waals surface area contributed by atoms with Gasteiger partial charge in [0.2, 0.25) is 10.0 Å². The maximum absolute atomic E-state index is 13.2. The number of pyridine rings is 1. The Kier molecular flexibility index (Phi) is 9.97. The number of hydrogen-bond acceptors (Lipinski definition) is 7. The minimum atomic E-state index is -3.69. The Labute approximate surface area is 247 Å². The smallest absolute Gasteiger partial charge is 0.326 e. The molecule has 1 amide bonds. The van der Waals surface area contributed by atoms with Gasteiger partial charge in [-0.2, -0.15) is 0 Å². The van der Waals surface area contributed by atoms with Crippen molar-refractivity contribution in [1.29, 1.82) is 0 Å². The van der Waals surface area contributed by atoms with Crippen molar-refractivity contribution in [2.75, 3.05) is 25.0 Å². The first kappa shape index (κ1) is 31.1. The summed E-state index contributed by atoms with van der Waals surface area (Å²) in [6.07, 6.45) is 4.19. The molecule has 0 radical (unpaired) electrons. The van der Waals surface area contributed by atoms with Crippen LogP contribution in [0.15, 0.2) is 65.7 Å². The molecule has 10 nitrogen and oxygen atoms in total. The van der Waals surface area contributed by atoms with Gasteiger partial charge in [-0.15, -0.1) is 0 Å². The van der Waals surface area contributed by atoms with Crippen molar-refractivity contribution in [3.63, 3.8) is 0 Å². The van der Waals surface area contributed by atoms with Crippen molar-refractivity contribution in [3.05, 3.63) is 88.7 Å². The number of rotatable bonds is 11. The number of aryl methyl sites for hydroxylation is 2. The Morgan fingerprint density at radius 3 is 2.38 bits per heavy atom. The number of carbonyl (C=O) groups excluding carboxylic acids is 1. The number of piperidine rings is 1. The standard InChI is InChI=1S/C31H39N5O5S/c1-4-22-19-25(42(40,41)33-3)17-20(2)28(22)30(37)35-27(31(38)39)18-21-8-10-24(11-9-21)36-15-12-23(13-16-36)29(32)26-7-5-6-14-34-26/h5-11,14,17,19,23,27,29,33H,4,12-13,15-16,18,32H2,1-3H3,(H,35,37)(H,38,39). The highest BCUT2D eigenvalue weighted by Gasteiger charge is 2.27. The van der Waals surface area contributed by atoms with Crippen LogP contribution in [-0.4, -0.2) is 56.6 Å². The molecular weight excluding hydrogens is 554 g/mol. The molecule has 224 valence electrons. The van der Waals surface area contributed by atoms with Gasteiger partial charge in [-0.1, -0.05) is 25.1 Å². The van der Waals surface area contributed by atoms with Gasteiger partial charge >= 0.3 is 5.97 Å². The monoisotopic (exact) mass is 593 g/mol. The van der Waals surface area contributed by atoms with Crippen LogP contribution in [-0.2, 0) is 27.7 Å². The molecule has 2 heterocycles. The van der Waals surface area contributed by atoms with Crippen LogP contribution in [0.5, 0.6) is 0 Å². The fourth-order valence-corrected chi connectivity index (χ4v) is 6.41. The third-order valence-electron chi connectivity index (χ3n) is 8.00. The molecule has 3 aromatic rings. The zero-order valence-electron chi connectivity index (χ0n) is 24.2. The second kappa shape index (κ2) is 13.5. The van der Waals surface area contributed by atoms with E-state index in [4.69, 9.17) is 5.73 Å². The predicted molar refractivity (Wildman–Crippen MR) is 162 cm³/mol. The van der Waals surface area contributed by atoms with Gasteiger partial charge in [0, 0.05) is 43.0 Å². The van der Waals surface area contributed by atoms with E-state index < -0.39 is 27.9 Å². The van der Waals surface area contributed by atoms with E-state index in [-0.39, 0.29) is 17.4 Å². The van der Waals surface area contributed by atoms with Crippen LogP contribution in [0.2, 0.25) is 0 Å². The Morgan fingerprint density at radius 1 is 1.12 bits per heavy atom. The summed E-state index contributed by atoms with van der Waals surface area (Å²) in [5.74, 6) is -1.34. The van der Waals surface area contributed by atoms with Crippen LogP contribution < -0.4 is 20.7 Å². The molecule has 1 aromatic heterocycles. The molecule has 42 heavy (non-hydrogen) atoms. The number of aromatic nitrogens is 1. The lowest BCUT2D eigenvalue weighted by Crippen LogP contribution is -2.43. The van der Waals surface area contributed by atoms with Gasteiger partial charge in [0.25, 0.3) is 5.91 Å². The summed E-state index contributed by atoms with van der Waals surface area (Å²) in [5, 5.41) is 12.5. The van der Waals surface area contributed by atoms with Crippen LogP contribution in [0.25, 0.3) is 0 Å². The average Bonchev–Trinajstić information content (AvgIpc) is 3.00. The van der Waals surface area contributed by atoms with Gasteiger partial charge < -0.3 is 21.1 Å². The minimum absolute atomic E-state index is 0.0612. The topological polar surface area (TPSA) is 155 Å². The quantitative estimate of drug-likeness (QED) is 0.264. The van der Waals surface area contributed by atoms with E-state index in [2.05, 4.69) is 19.9 Å². The van der Waals surface area contributed by atoms with Crippen molar-refractivity contribution in [3.8, 4) is 0 Å². The number of carboxylic acid groups (broad SMARTS) is 1. The lowest BCUT2D eigenvalue weighted by Gasteiger charge is -2.36. The number of benzene rings is 2. The van der Waals surface area contributed by atoms with E-state index >= 15 is 0 Å². The Hall–Kier alpha value is -3.80. The van der Waals surface area contributed by atoms with Crippen molar-refractivity contribution in [1.82, 2.24) is 15.0 Å². The predicted octanol–water partition coefficient (Wildman–Crippen LogP) is 3.20.